The van der Waals surface area contributed by atoms with Crippen molar-refractivity contribution in [1.29, 1.82) is 0 Å². The van der Waals surface area contributed by atoms with Crippen LogP contribution in [0, 0.1) is 6.92 Å². The Hall–Kier alpha value is -0.290. The SMILES string of the molecule is CCCCCCCCCCCCc1ncc(C)[pH]1. The highest BCUT2D eigenvalue weighted by Gasteiger charge is 1.97. The fraction of sp³-hybridized carbons (Fsp3) is 0.812. The fourth-order valence-electron chi connectivity index (χ4n) is 2.37. The zero-order chi connectivity index (χ0) is 13.1. The van der Waals surface area contributed by atoms with Gasteiger partial charge in [-0.3, -0.25) is 4.98 Å². The normalized spacial score (nSPS) is 11.4. The van der Waals surface area contributed by atoms with E-state index >= 15 is 0 Å². The van der Waals surface area contributed by atoms with Crippen LogP contribution in [-0.4, -0.2) is 4.98 Å². The second-order valence-electron chi connectivity index (χ2n) is 5.44. The molecule has 1 aromatic heterocycles. The van der Waals surface area contributed by atoms with Gasteiger partial charge in [0.1, 0.15) is 0 Å². The van der Waals surface area contributed by atoms with Crippen molar-refractivity contribution in [3.8, 4) is 0 Å². The van der Waals surface area contributed by atoms with Gasteiger partial charge >= 0.3 is 0 Å². The summed E-state index contributed by atoms with van der Waals surface area (Å²) in [5.74, 6) is 0. The summed E-state index contributed by atoms with van der Waals surface area (Å²) < 4.78 is 0. The van der Waals surface area contributed by atoms with Gasteiger partial charge in [-0.25, -0.2) is 0 Å². The summed E-state index contributed by atoms with van der Waals surface area (Å²) in [6.07, 6.45) is 17.5. The molecule has 18 heavy (non-hydrogen) atoms. The molecule has 0 N–H and O–H groups in total. The zero-order valence-electron chi connectivity index (χ0n) is 12.3. The van der Waals surface area contributed by atoms with E-state index in [-0.39, 0.29) is 0 Å². The van der Waals surface area contributed by atoms with Crippen LogP contribution in [0.3, 0.4) is 0 Å². The first-order chi connectivity index (χ1) is 8.83. The van der Waals surface area contributed by atoms with Gasteiger partial charge < -0.3 is 0 Å². The average Bonchev–Trinajstić information content (AvgIpc) is 2.77. The minimum Gasteiger partial charge on any atom is -0.257 e. The van der Waals surface area contributed by atoms with Gasteiger partial charge in [-0.2, -0.15) is 0 Å². The Labute approximate surface area is 115 Å². The van der Waals surface area contributed by atoms with Crippen LogP contribution in [0.2, 0.25) is 0 Å². The average molecular weight is 267 g/mol. The Morgan fingerprint density at radius 3 is 1.94 bits per heavy atom. The van der Waals surface area contributed by atoms with Gasteiger partial charge in [0.15, 0.2) is 0 Å². The summed E-state index contributed by atoms with van der Waals surface area (Å²) >= 11 is 0. The van der Waals surface area contributed by atoms with Gasteiger partial charge in [0.25, 0.3) is 0 Å². The number of nitrogens with zero attached hydrogens (tertiary/aromatic N) is 1. The molecule has 1 nitrogen and oxygen atoms in total. The summed E-state index contributed by atoms with van der Waals surface area (Å²) in [6, 6.07) is 0. The molecule has 0 fully saturated rings. The summed E-state index contributed by atoms with van der Waals surface area (Å²) in [5.41, 5.74) is 1.44. The number of aromatic nitrogens is 1. The van der Waals surface area contributed by atoms with E-state index in [2.05, 4.69) is 18.8 Å². The number of aryl methyl sites for hydroxylation is 2. The van der Waals surface area contributed by atoms with Crippen molar-refractivity contribution in [3.63, 3.8) is 0 Å². The lowest BCUT2D eigenvalue weighted by Gasteiger charge is -2.01. The topological polar surface area (TPSA) is 12.9 Å². The minimum atomic E-state index is 0.896. The van der Waals surface area contributed by atoms with Crippen molar-refractivity contribution in [2.24, 2.45) is 0 Å². The molecule has 0 spiro atoms. The van der Waals surface area contributed by atoms with Gasteiger partial charge in [0, 0.05) is 6.20 Å². The molecule has 0 amide bonds. The lowest BCUT2D eigenvalue weighted by molar-refractivity contribution is 0.556. The molecule has 1 aromatic rings. The Kier molecular flexibility index (Phi) is 9.30. The zero-order valence-corrected chi connectivity index (χ0v) is 13.3. The minimum absolute atomic E-state index is 0.896. The molecule has 0 saturated carbocycles. The van der Waals surface area contributed by atoms with E-state index in [1.54, 1.807) is 0 Å². The maximum atomic E-state index is 4.46. The van der Waals surface area contributed by atoms with Crippen LogP contribution in [0.15, 0.2) is 6.20 Å². The second kappa shape index (κ2) is 10.6. The van der Waals surface area contributed by atoms with Gasteiger partial charge in [0.05, 0.1) is 5.43 Å². The Bertz CT molecular complexity index is 293. The Morgan fingerprint density at radius 1 is 0.889 bits per heavy atom. The van der Waals surface area contributed by atoms with E-state index in [0.29, 0.717) is 0 Å². The summed E-state index contributed by atoms with van der Waals surface area (Å²) in [7, 11) is 0.896. The molecular weight excluding hydrogens is 237 g/mol. The standard InChI is InChI=1S/C16H30NP/c1-3-4-5-6-7-8-9-10-11-12-13-16-17-14-15(2)18-16/h14,18H,3-13H2,1-2H3. The highest BCUT2D eigenvalue weighted by Crippen LogP contribution is 2.20. The second-order valence-corrected chi connectivity index (χ2v) is 7.06. The lowest BCUT2D eigenvalue weighted by Crippen LogP contribution is -1.85. The summed E-state index contributed by atoms with van der Waals surface area (Å²) in [6.45, 7) is 4.47. The Balaban J connectivity index is 1.81. The van der Waals surface area contributed by atoms with Crippen LogP contribution >= 0.6 is 8.19 Å². The van der Waals surface area contributed by atoms with Crippen molar-refractivity contribution >= 4 is 8.19 Å². The van der Waals surface area contributed by atoms with Crippen LogP contribution in [0.4, 0.5) is 0 Å². The van der Waals surface area contributed by atoms with Gasteiger partial charge in [-0.15, -0.1) is 8.19 Å². The molecule has 0 aliphatic heterocycles. The summed E-state index contributed by atoms with van der Waals surface area (Å²) in [4.78, 5) is 4.46. The van der Waals surface area contributed by atoms with E-state index in [1.165, 1.54) is 81.4 Å². The first-order valence-electron chi connectivity index (χ1n) is 7.83. The largest absolute Gasteiger partial charge is 0.257 e. The van der Waals surface area contributed by atoms with E-state index in [9.17, 15) is 0 Å². The quantitative estimate of drug-likeness (QED) is 0.456. The molecule has 104 valence electrons. The first-order valence-corrected chi connectivity index (χ1v) is 8.83. The molecule has 1 heterocycles. The van der Waals surface area contributed by atoms with E-state index < -0.39 is 0 Å². The molecule has 0 aromatic carbocycles. The van der Waals surface area contributed by atoms with Crippen LogP contribution < -0.4 is 0 Å². The molecule has 1 rings (SSSR count). The van der Waals surface area contributed by atoms with E-state index in [1.807, 2.05) is 6.20 Å². The van der Waals surface area contributed by atoms with Gasteiger partial charge in [-0.1, -0.05) is 64.7 Å². The van der Waals surface area contributed by atoms with Crippen molar-refractivity contribution in [1.82, 2.24) is 4.98 Å². The molecule has 0 radical (unpaired) electrons. The first kappa shape index (κ1) is 15.8. The number of hydrogen-bond donors (Lipinski definition) is 0. The van der Waals surface area contributed by atoms with Crippen molar-refractivity contribution < 1.29 is 0 Å². The third kappa shape index (κ3) is 7.93. The highest BCUT2D eigenvalue weighted by molar-refractivity contribution is 7.31. The maximum Gasteiger partial charge on any atom is 0.0564 e. The number of unbranched alkanes of at least 4 members (excludes halogenated alkanes) is 9. The van der Waals surface area contributed by atoms with Gasteiger partial charge in [-0.05, 0) is 25.1 Å². The number of rotatable bonds is 11. The van der Waals surface area contributed by atoms with Crippen LogP contribution in [0.5, 0.6) is 0 Å². The third-order valence-electron chi connectivity index (χ3n) is 3.52. The molecule has 1 atom stereocenters. The third-order valence-corrected chi connectivity index (χ3v) is 4.71. The molecule has 0 bridgehead atoms. The highest BCUT2D eigenvalue weighted by atomic mass is 31.0. The Morgan fingerprint density at radius 2 is 1.44 bits per heavy atom. The predicted molar refractivity (Wildman–Crippen MR) is 84.0 cm³/mol. The number of hydrogen-bond acceptors (Lipinski definition) is 1. The molecule has 1 unspecified atom stereocenters. The van der Waals surface area contributed by atoms with Crippen LogP contribution in [0.25, 0.3) is 0 Å². The monoisotopic (exact) mass is 267 g/mol. The molecule has 0 aliphatic rings. The lowest BCUT2D eigenvalue weighted by atomic mass is 10.1. The van der Waals surface area contributed by atoms with E-state index in [0.717, 1.165) is 8.19 Å². The molecular formula is C16H30NP. The van der Waals surface area contributed by atoms with E-state index in [4.69, 9.17) is 0 Å². The molecule has 0 saturated heterocycles. The smallest absolute Gasteiger partial charge is 0.0564 e. The maximum absolute atomic E-state index is 4.46. The van der Waals surface area contributed by atoms with Crippen LogP contribution in [-0.2, 0) is 6.42 Å². The van der Waals surface area contributed by atoms with Crippen molar-refractivity contribution in [2.75, 3.05) is 0 Å². The fourth-order valence-corrected chi connectivity index (χ4v) is 3.39. The predicted octanol–water partition coefficient (Wildman–Crippen LogP) is 5.88. The van der Waals surface area contributed by atoms with Gasteiger partial charge in [0.2, 0.25) is 0 Å². The molecule has 2 heteroatoms. The van der Waals surface area contributed by atoms with Crippen molar-refractivity contribution in [3.05, 3.63) is 16.9 Å². The van der Waals surface area contributed by atoms with Crippen molar-refractivity contribution in [2.45, 2.75) is 84.5 Å². The summed E-state index contributed by atoms with van der Waals surface area (Å²) in [5, 5.41) is 1.46. The molecule has 0 aliphatic carbocycles. The van der Waals surface area contributed by atoms with Crippen LogP contribution in [0.1, 0.15) is 81.9 Å².